The number of rotatable bonds is 11. The molecule has 4 heteroatoms. The monoisotopic (exact) mass is 313 g/mol. The van der Waals surface area contributed by atoms with Crippen molar-refractivity contribution in [3.8, 4) is 0 Å². The van der Waals surface area contributed by atoms with Gasteiger partial charge in [-0.3, -0.25) is 0 Å². The predicted octanol–water partition coefficient (Wildman–Crippen LogP) is 4.57. The second-order valence-electron chi connectivity index (χ2n) is 6.79. The van der Waals surface area contributed by atoms with Crippen molar-refractivity contribution < 1.29 is 14.6 Å². The van der Waals surface area contributed by atoms with Crippen molar-refractivity contribution in [1.82, 2.24) is 5.32 Å². The second kappa shape index (κ2) is 12.5. The van der Waals surface area contributed by atoms with Gasteiger partial charge in [0.1, 0.15) is 5.60 Å². The Hall–Kier alpha value is -1.03. The fraction of sp³-hybridized carbons (Fsp3) is 0.833. The number of hydrogen-bond acceptors (Lipinski definition) is 3. The molecular weight excluding hydrogens is 278 g/mol. The summed E-state index contributed by atoms with van der Waals surface area (Å²) in [5.41, 5.74) is -0.505. The molecule has 4 nitrogen and oxygen atoms in total. The average molecular weight is 313 g/mol. The minimum absolute atomic E-state index is 0.236. The van der Waals surface area contributed by atoms with Crippen molar-refractivity contribution >= 4 is 6.09 Å². The van der Waals surface area contributed by atoms with Crippen molar-refractivity contribution in [2.24, 2.45) is 0 Å². The SMILES string of the molecule is CCCCCCC/C=C/CC[C@@H](O)CNC(=O)OC(C)(C)C. The van der Waals surface area contributed by atoms with E-state index in [1.165, 1.54) is 32.1 Å². The maximum absolute atomic E-state index is 11.4. The lowest BCUT2D eigenvalue weighted by Gasteiger charge is -2.20. The highest BCUT2D eigenvalue weighted by Gasteiger charge is 2.16. The molecule has 0 aliphatic carbocycles. The Morgan fingerprint density at radius 3 is 2.41 bits per heavy atom. The summed E-state index contributed by atoms with van der Waals surface area (Å²) in [4.78, 5) is 11.4. The van der Waals surface area contributed by atoms with Crippen LogP contribution in [-0.4, -0.2) is 29.4 Å². The van der Waals surface area contributed by atoms with E-state index in [2.05, 4.69) is 24.4 Å². The van der Waals surface area contributed by atoms with E-state index in [0.717, 1.165) is 12.8 Å². The summed E-state index contributed by atoms with van der Waals surface area (Å²) in [6, 6.07) is 0. The Balaban J connectivity index is 3.53. The molecular formula is C18H35NO3. The quantitative estimate of drug-likeness (QED) is 0.434. The summed E-state index contributed by atoms with van der Waals surface area (Å²) in [5, 5.41) is 12.4. The van der Waals surface area contributed by atoms with Gasteiger partial charge in [0.05, 0.1) is 6.10 Å². The molecule has 0 unspecified atom stereocenters. The molecule has 0 aromatic carbocycles. The molecule has 0 spiro atoms. The van der Waals surface area contributed by atoms with Crippen molar-refractivity contribution in [3.63, 3.8) is 0 Å². The lowest BCUT2D eigenvalue weighted by atomic mass is 10.1. The number of allylic oxidation sites excluding steroid dienone is 2. The van der Waals surface area contributed by atoms with Gasteiger partial charge in [0.25, 0.3) is 0 Å². The van der Waals surface area contributed by atoms with Gasteiger partial charge in [0.15, 0.2) is 0 Å². The van der Waals surface area contributed by atoms with Crippen LogP contribution >= 0.6 is 0 Å². The number of aliphatic hydroxyl groups excluding tert-OH is 1. The Labute approximate surface area is 136 Å². The number of hydrogen-bond donors (Lipinski definition) is 2. The van der Waals surface area contributed by atoms with Gasteiger partial charge < -0.3 is 15.2 Å². The predicted molar refractivity (Wildman–Crippen MR) is 92.0 cm³/mol. The van der Waals surface area contributed by atoms with Crippen LogP contribution in [0.5, 0.6) is 0 Å². The van der Waals surface area contributed by atoms with E-state index in [1.54, 1.807) is 0 Å². The van der Waals surface area contributed by atoms with Crippen LogP contribution in [-0.2, 0) is 4.74 Å². The van der Waals surface area contributed by atoms with Crippen LogP contribution in [0.2, 0.25) is 0 Å². The standard InChI is InChI=1S/C18H35NO3/c1-5-6-7-8-9-10-11-12-13-14-16(20)15-19-17(21)22-18(2,3)4/h11-12,16,20H,5-10,13-15H2,1-4H3,(H,19,21)/b12-11+/t16-/m1/s1. The van der Waals surface area contributed by atoms with Crippen LogP contribution < -0.4 is 5.32 Å². The Kier molecular flexibility index (Phi) is 11.9. The molecule has 0 aromatic rings. The highest BCUT2D eigenvalue weighted by atomic mass is 16.6. The van der Waals surface area contributed by atoms with Crippen molar-refractivity contribution in [2.45, 2.75) is 90.8 Å². The number of unbranched alkanes of at least 4 members (excludes halogenated alkanes) is 5. The van der Waals surface area contributed by atoms with Crippen LogP contribution in [0.25, 0.3) is 0 Å². The molecule has 0 radical (unpaired) electrons. The number of amides is 1. The van der Waals surface area contributed by atoms with Gasteiger partial charge in [-0.05, 0) is 46.5 Å². The number of alkyl carbamates (subject to hydrolysis) is 1. The van der Waals surface area contributed by atoms with E-state index in [0.29, 0.717) is 6.42 Å². The third-order valence-electron chi connectivity index (χ3n) is 3.19. The number of nitrogens with one attached hydrogen (secondary N) is 1. The Morgan fingerprint density at radius 2 is 1.77 bits per heavy atom. The summed E-state index contributed by atoms with van der Waals surface area (Å²) < 4.78 is 5.11. The minimum Gasteiger partial charge on any atom is -0.444 e. The van der Waals surface area contributed by atoms with Gasteiger partial charge in [-0.1, -0.05) is 44.8 Å². The van der Waals surface area contributed by atoms with Crippen LogP contribution in [0.4, 0.5) is 4.79 Å². The number of aliphatic hydroxyl groups is 1. The van der Waals surface area contributed by atoms with Crippen LogP contribution in [0.1, 0.15) is 79.1 Å². The normalized spacial score (nSPS) is 13.3. The van der Waals surface area contributed by atoms with Crippen LogP contribution in [0.15, 0.2) is 12.2 Å². The summed E-state index contributed by atoms with van der Waals surface area (Å²) >= 11 is 0. The molecule has 22 heavy (non-hydrogen) atoms. The third kappa shape index (κ3) is 15.4. The van der Waals surface area contributed by atoms with E-state index < -0.39 is 17.8 Å². The molecule has 1 amide bonds. The molecule has 0 saturated carbocycles. The van der Waals surface area contributed by atoms with Crippen molar-refractivity contribution in [3.05, 3.63) is 12.2 Å². The molecule has 0 heterocycles. The van der Waals surface area contributed by atoms with Gasteiger partial charge in [0, 0.05) is 6.54 Å². The molecule has 2 N–H and O–H groups in total. The zero-order valence-corrected chi connectivity index (χ0v) is 14.9. The van der Waals surface area contributed by atoms with E-state index in [4.69, 9.17) is 4.74 Å². The van der Waals surface area contributed by atoms with Gasteiger partial charge in [-0.25, -0.2) is 4.79 Å². The highest BCUT2D eigenvalue weighted by molar-refractivity contribution is 5.67. The molecule has 0 rings (SSSR count). The smallest absolute Gasteiger partial charge is 0.407 e. The van der Waals surface area contributed by atoms with Gasteiger partial charge in [-0.2, -0.15) is 0 Å². The van der Waals surface area contributed by atoms with Crippen molar-refractivity contribution in [1.29, 1.82) is 0 Å². The zero-order chi connectivity index (χ0) is 16.8. The molecule has 0 fully saturated rings. The molecule has 0 bridgehead atoms. The Morgan fingerprint density at radius 1 is 1.14 bits per heavy atom. The van der Waals surface area contributed by atoms with Crippen molar-refractivity contribution in [2.75, 3.05) is 6.54 Å². The fourth-order valence-electron chi connectivity index (χ4n) is 2.01. The first-order valence-electron chi connectivity index (χ1n) is 8.65. The van der Waals surface area contributed by atoms with Gasteiger partial charge in [-0.15, -0.1) is 0 Å². The molecule has 130 valence electrons. The molecule has 0 aromatic heterocycles. The van der Waals surface area contributed by atoms with E-state index in [-0.39, 0.29) is 6.54 Å². The Bertz CT molecular complexity index is 308. The first kappa shape index (κ1) is 21.0. The molecule has 1 atom stereocenters. The molecule has 0 aliphatic rings. The van der Waals surface area contributed by atoms with E-state index in [9.17, 15) is 9.90 Å². The zero-order valence-electron chi connectivity index (χ0n) is 14.9. The van der Waals surface area contributed by atoms with Gasteiger partial charge in [0.2, 0.25) is 0 Å². The average Bonchev–Trinajstić information content (AvgIpc) is 2.41. The summed E-state index contributed by atoms with van der Waals surface area (Å²) in [7, 11) is 0. The molecule has 0 aliphatic heterocycles. The molecule has 0 saturated heterocycles. The maximum Gasteiger partial charge on any atom is 0.407 e. The number of carbonyl (C=O) groups excluding carboxylic acids is 1. The second-order valence-corrected chi connectivity index (χ2v) is 6.79. The number of ether oxygens (including phenoxy) is 1. The summed E-state index contributed by atoms with van der Waals surface area (Å²) in [6.07, 6.45) is 12.4. The summed E-state index contributed by atoms with van der Waals surface area (Å²) in [5.74, 6) is 0. The lowest BCUT2D eigenvalue weighted by Crippen LogP contribution is -2.36. The van der Waals surface area contributed by atoms with Crippen LogP contribution in [0, 0.1) is 0 Å². The highest BCUT2D eigenvalue weighted by Crippen LogP contribution is 2.07. The lowest BCUT2D eigenvalue weighted by molar-refractivity contribution is 0.0489. The first-order chi connectivity index (χ1) is 10.3. The fourth-order valence-corrected chi connectivity index (χ4v) is 2.01. The van der Waals surface area contributed by atoms with Crippen LogP contribution in [0.3, 0.4) is 0 Å². The summed E-state index contributed by atoms with van der Waals surface area (Å²) in [6.45, 7) is 7.91. The third-order valence-corrected chi connectivity index (χ3v) is 3.19. The maximum atomic E-state index is 11.4. The van der Waals surface area contributed by atoms with E-state index >= 15 is 0 Å². The minimum atomic E-state index is -0.526. The van der Waals surface area contributed by atoms with E-state index in [1.807, 2.05) is 20.8 Å². The topological polar surface area (TPSA) is 58.6 Å². The first-order valence-corrected chi connectivity index (χ1v) is 8.65. The largest absolute Gasteiger partial charge is 0.444 e. The number of carbonyl (C=O) groups is 1. The van der Waals surface area contributed by atoms with Gasteiger partial charge >= 0.3 is 6.09 Å².